The van der Waals surface area contributed by atoms with Gasteiger partial charge in [0.05, 0.1) is 23.7 Å². The van der Waals surface area contributed by atoms with Crippen molar-refractivity contribution in [2.45, 2.75) is 34.7 Å². The second kappa shape index (κ2) is 11.3. The smallest absolute Gasteiger partial charge is 0.350 e. The molecule has 0 bridgehead atoms. The van der Waals surface area contributed by atoms with Gasteiger partial charge in [-0.3, -0.25) is 24.7 Å². The number of β-lactam (4-membered cyclic amide) rings is 1. The molecule has 1 unspecified atom stereocenters. The minimum atomic E-state index is -2.01. The second-order valence-electron chi connectivity index (χ2n) is 10.7. The molecule has 5 amide bonds. The fraction of sp³-hybridized carbons (Fsp3) is 0.360. The summed E-state index contributed by atoms with van der Waals surface area (Å²) in [5.41, 5.74) is 5.63. The zero-order valence-corrected chi connectivity index (χ0v) is 26.0. The zero-order valence-electron chi connectivity index (χ0n) is 23.6. The van der Waals surface area contributed by atoms with E-state index in [1.165, 1.54) is 10.3 Å². The summed E-state index contributed by atoms with van der Waals surface area (Å²) in [7, 11) is 0. The molecule has 248 valence electrons. The number of hydrazine groups is 1. The number of urea groups is 1. The maximum atomic E-state index is 13.4. The first-order valence-electron chi connectivity index (χ1n) is 13.5. The van der Waals surface area contributed by atoms with Gasteiger partial charge in [-0.1, -0.05) is 28.5 Å². The van der Waals surface area contributed by atoms with E-state index in [0.717, 1.165) is 45.1 Å². The number of hydrogen-bond acceptors (Lipinski definition) is 14. The molecule has 6 rings (SSSR count). The normalized spacial score (nSPS) is 24.4. The van der Waals surface area contributed by atoms with Crippen molar-refractivity contribution < 1.29 is 54.0 Å². The van der Waals surface area contributed by atoms with Crippen molar-refractivity contribution in [1.82, 2.24) is 30.5 Å². The molecule has 3 atom stereocenters. The molecule has 3 saturated heterocycles. The molecule has 3 aliphatic heterocycles. The Hall–Kier alpha value is -5.02. The van der Waals surface area contributed by atoms with Gasteiger partial charge in [0.2, 0.25) is 16.4 Å². The zero-order chi connectivity index (χ0) is 34.0. The predicted octanol–water partition coefficient (Wildman–Crippen LogP) is -0.609. The van der Waals surface area contributed by atoms with Gasteiger partial charge in [-0.25, -0.2) is 24.4 Å². The van der Waals surface area contributed by atoms with Crippen molar-refractivity contribution in [3.63, 3.8) is 0 Å². The number of halogens is 1. The fourth-order valence-electron chi connectivity index (χ4n) is 5.10. The number of aliphatic carboxylic acids is 2. The third-order valence-electron chi connectivity index (χ3n) is 7.87. The number of carboxylic acid groups (broad SMARTS) is 2. The first-order chi connectivity index (χ1) is 22.2. The third-order valence-corrected chi connectivity index (χ3v) is 10.6. The average Bonchev–Trinajstić information content (AvgIpc) is 3.36. The van der Waals surface area contributed by atoms with Crippen molar-refractivity contribution in [2.75, 3.05) is 25.4 Å². The molecule has 4 heterocycles. The Kier molecular flexibility index (Phi) is 7.71. The highest BCUT2D eigenvalue weighted by atomic mass is 35.5. The molecular formula is C25H23ClN8O11S2. The number of nitrogen functional groups attached to an aromatic ring is 1. The van der Waals surface area contributed by atoms with E-state index in [-0.39, 0.29) is 42.3 Å². The average molecular weight is 711 g/mol. The summed E-state index contributed by atoms with van der Waals surface area (Å²) in [6.45, 7) is -0.777. The van der Waals surface area contributed by atoms with Gasteiger partial charge in [0.15, 0.2) is 22.3 Å². The number of hydrogen-bond donors (Lipinski definition) is 7. The van der Waals surface area contributed by atoms with E-state index in [1.807, 2.05) is 0 Å². The van der Waals surface area contributed by atoms with E-state index < -0.39 is 86.4 Å². The molecule has 1 saturated carbocycles. The fourth-order valence-corrected chi connectivity index (χ4v) is 7.53. The molecule has 0 spiro atoms. The maximum absolute atomic E-state index is 13.4. The van der Waals surface area contributed by atoms with Crippen LogP contribution in [0.4, 0.5) is 9.93 Å². The summed E-state index contributed by atoms with van der Waals surface area (Å²) in [6, 6.07) is -0.0405. The van der Waals surface area contributed by atoms with Crippen molar-refractivity contribution in [3.8, 4) is 11.5 Å². The molecule has 2 aromatic rings. The number of aromatic hydroxyl groups is 2. The monoisotopic (exact) mass is 710 g/mol. The molecule has 22 heteroatoms. The number of phenols is 2. The van der Waals surface area contributed by atoms with Gasteiger partial charge in [0.25, 0.3) is 11.8 Å². The van der Waals surface area contributed by atoms with Crippen molar-refractivity contribution in [1.29, 1.82) is 0 Å². The summed E-state index contributed by atoms with van der Waals surface area (Å²) in [5.74, 6) is -6.59. The van der Waals surface area contributed by atoms with E-state index in [1.54, 1.807) is 0 Å². The largest absolute Gasteiger partial charge is 0.504 e. The lowest BCUT2D eigenvalue weighted by atomic mass is 10.1. The number of anilines is 1. The number of aromatic nitrogens is 1. The quantitative estimate of drug-likeness (QED) is 0.0701. The number of amides is 5. The highest BCUT2D eigenvalue weighted by Crippen LogP contribution is 2.49. The van der Waals surface area contributed by atoms with E-state index in [0.29, 0.717) is 0 Å². The third kappa shape index (κ3) is 5.24. The topological polar surface area (TPSA) is 278 Å². The molecule has 19 nitrogen and oxygen atoms in total. The number of thioether (sulfide) groups is 1. The van der Waals surface area contributed by atoms with Crippen LogP contribution in [0.2, 0.25) is 5.02 Å². The van der Waals surface area contributed by atoms with Crippen LogP contribution in [0.25, 0.3) is 0 Å². The SMILES string of the molecule is Nc1nc(/C(=N/OC2(C(=O)O)CC2)C(=O)NC2C(=O)N3C[C@@](C(=O)O)(N4CCN(NC(=O)c5ccc(O)c(O)c5Cl)C4=O)S[C@H]23)cs1. The molecule has 47 heavy (non-hydrogen) atoms. The number of rotatable bonds is 10. The lowest BCUT2D eigenvalue weighted by Gasteiger charge is -2.41. The first-order valence-corrected chi connectivity index (χ1v) is 15.7. The minimum absolute atomic E-state index is 0.0395. The molecule has 1 aromatic heterocycles. The van der Waals surface area contributed by atoms with E-state index in [4.69, 9.17) is 22.2 Å². The maximum Gasteiger partial charge on any atom is 0.350 e. The number of carbonyl (C=O) groups is 6. The Morgan fingerprint density at radius 2 is 1.85 bits per heavy atom. The van der Waals surface area contributed by atoms with Gasteiger partial charge in [-0.2, -0.15) is 0 Å². The van der Waals surface area contributed by atoms with Crippen LogP contribution in [-0.4, -0.2) is 123 Å². The van der Waals surface area contributed by atoms with Crippen LogP contribution < -0.4 is 16.5 Å². The van der Waals surface area contributed by atoms with Crippen molar-refractivity contribution in [2.24, 2.45) is 5.16 Å². The molecule has 8 N–H and O–H groups in total. The number of phenolic OH excluding ortho intramolecular Hbond substituents is 2. The summed E-state index contributed by atoms with van der Waals surface area (Å²) in [5, 5.41) is 46.2. The van der Waals surface area contributed by atoms with Crippen LogP contribution >= 0.6 is 34.7 Å². The number of thiazole rings is 1. The Bertz CT molecular complexity index is 1780. The number of nitrogens with two attached hydrogens (primary N) is 1. The van der Waals surface area contributed by atoms with E-state index in [9.17, 15) is 49.2 Å². The van der Waals surface area contributed by atoms with Gasteiger partial charge in [0, 0.05) is 24.8 Å². The van der Waals surface area contributed by atoms with Crippen LogP contribution in [0.5, 0.6) is 11.5 Å². The van der Waals surface area contributed by atoms with Crippen LogP contribution in [0.1, 0.15) is 28.9 Å². The molecule has 0 radical (unpaired) electrons. The Labute approximate surface area is 275 Å². The number of benzene rings is 1. The minimum Gasteiger partial charge on any atom is -0.504 e. The Morgan fingerprint density at radius 3 is 2.47 bits per heavy atom. The van der Waals surface area contributed by atoms with Gasteiger partial charge < -0.3 is 41.2 Å². The first kappa shape index (κ1) is 31.9. The van der Waals surface area contributed by atoms with Crippen LogP contribution in [0.3, 0.4) is 0 Å². The summed E-state index contributed by atoms with van der Waals surface area (Å²) in [4.78, 5) is 86.2. The summed E-state index contributed by atoms with van der Waals surface area (Å²) >= 11 is 7.65. The van der Waals surface area contributed by atoms with Gasteiger partial charge in [-0.15, -0.1) is 11.3 Å². The van der Waals surface area contributed by atoms with Crippen LogP contribution in [-0.2, 0) is 24.0 Å². The molecule has 1 aromatic carbocycles. The number of nitrogens with zero attached hydrogens (tertiary/aromatic N) is 5. The van der Waals surface area contributed by atoms with Crippen LogP contribution in [0.15, 0.2) is 22.7 Å². The predicted molar refractivity (Wildman–Crippen MR) is 160 cm³/mol. The van der Waals surface area contributed by atoms with E-state index in [2.05, 4.69) is 20.9 Å². The van der Waals surface area contributed by atoms with Crippen molar-refractivity contribution >= 4 is 81.2 Å². The number of fused-ring (bicyclic) bond motifs is 1. The van der Waals surface area contributed by atoms with Gasteiger partial charge in [-0.05, 0) is 12.1 Å². The van der Waals surface area contributed by atoms with E-state index >= 15 is 0 Å². The van der Waals surface area contributed by atoms with Crippen molar-refractivity contribution in [3.05, 3.63) is 33.8 Å². The summed E-state index contributed by atoms with van der Waals surface area (Å²) in [6.07, 6.45) is 0.326. The lowest BCUT2D eigenvalue weighted by Crippen LogP contribution is -2.68. The number of nitrogens with one attached hydrogen (secondary N) is 2. The number of carbonyl (C=O) groups excluding carboxylic acids is 4. The van der Waals surface area contributed by atoms with Gasteiger partial charge in [0.1, 0.15) is 17.1 Å². The highest BCUT2D eigenvalue weighted by Gasteiger charge is 2.66. The standard InChI is InChI=1S/C25H23ClN8O11S2/c26-12-9(1-2-11(35)15(12)36)16(37)30-34-6-5-33(23(34)44)25(21(42)43)8-32-18(39)14(19(32)47-25)29-17(38)13(10-7-46-22(27)28-10)31-45-24(3-4-24)20(40)41/h1-2,7,14,19,35-36H,3-6,8H2,(H2,27,28)(H,29,38)(H,30,37)(H,40,41)(H,42,43)/b31-13-/t14?,19-,25-/m1/s1. The molecule has 1 aliphatic carbocycles. The highest BCUT2D eigenvalue weighted by molar-refractivity contribution is 8.02. The number of carboxylic acids is 2. The molecule has 4 fully saturated rings. The lowest BCUT2D eigenvalue weighted by molar-refractivity contribution is -0.153. The van der Waals surface area contributed by atoms with Gasteiger partial charge >= 0.3 is 18.0 Å². The second-order valence-corrected chi connectivity index (χ2v) is 13.4. The number of oxime groups is 1. The Balaban J connectivity index is 1.17. The Morgan fingerprint density at radius 1 is 1.13 bits per heavy atom. The summed E-state index contributed by atoms with van der Waals surface area (Å²) < 4.78 is 0. The van der Waals surface area contributed by atoms with Crippen LogP contribution in [0, 0.1) is 0 Å². The molecular weight excluding hydrogens is 688 g/mol. The molecule has 4 aliphatic rings.